The largest absolute Gasteiger partial charge is 0.455 e. The van der Waals surface area contributed by atoms with E-state index in [0.29, 0.717) is 28.3 Å². The number of benzene rings is 3. The predicted octanol–water partition coefficient (Wildman–Crippen LogP) is 7.41. The number of furan rings is 1. The normalized spacial score (nSPS) is 11.5. The molecule has 0 atom stereocenters. The average molecular weight is 461 g/mol. The van der Waals surface area contributed by atoms with Crippen LogP contribution in [0.15, 0.2) is 97.2 Å². The molecule has 0 fully saturated rings. The zero-order valence-electron chi connectivity index (χ0n) is 15.5. The quantitative estimate of drug-likeness (QED) is 0.262. The van der Waals surface area contributed by atoms with Crippen molar-refractivity contribution in [3.05, 3.63) is 94.9 Å². The van der Waals surface area contributed by atoms with E-state index in [1.165, 1.54) is 12.1 Å². The van der Waals surface area contributed by atoms with E-state index in [9.17, 15) is 4.39 Å². The van der Waals surface area contributed by atoms with Gasteiger partial charge in [0.1, 0.15) is 22.9 Å². The molecule has 5 aromatic rings. The molecule has 4 nitrogen and oxygen atoms in total. The van der Waals surface area contributed by atoms with Gasteiger partial charge in [0, 0.05) is 15.6 Å². The molecule has 0 bridgehead atoms. The molecule has 0 spiro atoms. The van der Waals surface area contributed by atoms with E-state index in [-0.39, 0.29) is 5.82 Å². The van der Waals surface area contributed by atoms with Gasteiger partial charge in [-0.3, -0.25) is 4.99 Å². The first-order valence-corrected chi connectivity index (χ1v) is 10.00. The van der Waals surface area contributed by atoms with E-state index in [1.54, 1.807) is 18.3 Å². The number of rotatable bonds is 4. The fourth-order valence-corrected chi connectivity index (χ4v) is 3.31. The number of hydrogen-bond donors (Lipinski definition) is 0. The molecule has 0 amide bonds. The topological polar surface area (TPSA) is 51.5 Å². The fraction of sp³-hybridized carbons (Fsp3) is 0. The Hall–Kier alpha value is -3.51. The summed E-state index contributed by atoms with van der Waals surface area (Å²) < 4.78 is 25.8. The van der Waals surface area contributed by atoms with Crippen LogP contribution in [0.2, 0.25) is 0 Å². The Morgan fingerprint density at radius 2 is 1.60 bits per heavy atom. The maximum Gasteiger partial charge on any atom is 0.227 e. The number of aromatic nitrogens is 1. The molecule has 5 rings (SSSR count). The number of oxazole rings is 1. The van der Waals surface area contributed by atoms with E-state index in [2.05, 4.69) is 25.9 Å². The Kier molecular flexibility index (Phi) is 4.77. The van der Waals surface area contributed by atoms with Crippen molar-refractivity contribution in [2.75, 3.05) is 0 Å². The number of halogens is 2. The van der Waals surface area contributed by atoms with Crippen LogP contribution in [0.25, 0.3) is 33.9 Å². The lowest BCUT2D eigenvalue weighted by molar-refractivity contribution is 0.575. The lowest BCUT2D eigenvalue weighted by Gasteiger charge is -1.96. The van der Waals surface area contributed by atoms with Crippen LogP contribution in [0.5, 0.6) is 0 Å². The second-order valence-electron chi connectivity index (χ2n) is 6.65. The van der Waals surface area contributed by atoms with Gasteiger partial charge in [-0.05, 0) is 66.7 Å². The lowest BCUT2D eigenvalue weighted by atomic mass is 10.2. The first-order valence-electron chi connectivity index (χ1n) is 9.20. The van der Waals surface area contributed by atoms with Crippen LogP contribution >= 0.6 is 15.9 Å². The van der Waals surface area contributed by atoms with Gasteiger partial charge in [0.05, 0.1) is 11.9 Å². The highest BCUT2D eigenvalue weighted by Gasteiger charge is 2.09. The standard InChI is InChI=1S/C24H14BrFN2O2/c25-17-5-1-15(2-6-17)22-12-10-20(29-22)14-27-19-9-11-23-21(13-19)28-24(30-23)16-3-7-18(26)8-4-16/h1-14H. The Morgan fingerprint density at radius 3 is 2.40 bits per heavy atom. The summed E-state index contributed by atoms with van der Waals surface area (Å²) in [6.45, 7) is 0. The zero-order chi connectivity index (χ0) is 20.5. The highest BCUT2D eigenvalue weighted by molar-refractivity contribution is 9.10. The monoisotopic (exact) mass is 460 g/mol. The zero-order valence-corrected chi connectivity index (χ0v) is 17.1. The summed E-state index contributed by atoms with van der Waals surface area (Å²) in [5.74, 6) is 1.57. The smallest absolute Gasteiger partial charge is 0.227 e. The number of nitrogens with zero attached hydrogens (tertiary/aromatic N) is 2. The van der Waals surface area contributed by atoms with Crippen molar-refractivity contribution in [2.45, 2.75) is 0 Å². The van der Waals surface area contributed by atoms with Gasteiger partial charge in [-0.25, -0.2) is 9.37 Å². The second-order valence-corrected chi connectivity index (χ2v) is 7.56. The molecule has 2 heterocycles. The molecule has 146 valence electrons. The van der Waals surface area contributed by atoms with Gasteiger partial charge in [-0.2, -0.15) is 0 Å². The third-order valence-electron chi connectivity index (χ3n) is 4.56. The minimum Gasteiger partial charge on any atom is -0.455 e. The highest BCUT2D eigenvalue weighted by atomic mass is 79.9. The molecule has 0 aliphatic carbocycles. The summed E-state index contributed by atoms with van der Waals surface area (Å²) in [6.07, 6.45) is 1.67. The summed E-state index contributed by atoms with van der Waals surface area (Å²) >= 11 is 3.43. The van der Waals surface area contributed by atoms with Crippen molar-refractivity contribution in [1.82, 2.24) is 4.98 Å². The van der Waals surface area contributed by atoms with Crippen LogP contribution in [0, 0.1) is 5.82 Å². The van der Waals surface area contributed by atoms with Crippen LogP contribution in [-0.4, -0.2) is 11.2 Å². The van der Waals surface area contributed by atoms with Gasteiger partial charge < -0.3 is 8.83 Å². The molecule has 0 saturated carbocycles. The molecule has 6 heteroatoms. The van der Waals surface area contributed by atoms with Crippen LogP contribution in [0.1, 0.15) is 5.76 Å². The van der Waals surface area contributed by atoms with E-state index in [0.717, 1.165) is 21.5 Å². The van der Waals surface area contributed by atoms with Crippen molar-refractivity contribution < 1.29 is 13.2 Å². The second kappa shape index (κ2) is 7.72. The van der Waals surface area contributed by atoms with Gasteiger partial charge in [0.25, 0.3) is 0 Å². The van der Waals surface area contributed by atoms with E-state index in [1.807, 2.05) is 54.6 Å². The Labute approximate surface area is 179 Å². The molecule has 30 heavy (non-hydrogen) atoms. The van der Waals surface area contributed by atoms with Crippen LogP contribution < -0.4 is 0 Å². The summed E-state index contributed by atoms with van der Waals surface area (Å²) in [6, 6.07) is 23.2. The molecule has 0 radical (unpaired) electrons. The van der Waals surface area contributed by atoms with E-state index >= 15 is 0 Å². The van der Waals surface area contributed by atoms with Crippen molar-refractivity contribution >= 4 is 38.9 Å². The first kappa shape index (κ1) is 18.5. The van der Waals surface area contributed by atoms with Crippen molar-refractivity contribution in [1.29, 1.82) is 0 Å². The Morgan fingerprint density at radius 1 is 0.833 bits per heavy atom. The van der Waals surface area contributed by atoms with Gasteiger partial charge >= 0.3 is 0 Å². The predicted molar refractivity (Wildman–Crippen MR) is 119 cm³/mol. The first-order chi connectivity index (χ1) is 14.6. The van der Waals surface area contributed by atoms with Crippen LogP contribution in [-0.2, 0) is 0 Å². The van der Waals surface area contributed by atoms with E-state index in [4.69, 9.17) is 8.83 Å². The Bertz CT molecular complexity index is 1350. The number of hydrogen-bond acceptors (Lipinski definition) is 4. The van der Waals surface area contributed by atoms with Gasteiger partial charge in [0.15, 0.2) is 5.58 Å². The molecular formula is C24H14BrFN2O2. The summed E-state index contributed by atoms with van der Waals surface area (Å²) in [5, 5.41) is 0. The summed E-state index contributed by atoms with van der Waals surface area (Å²) in [7, 11) is 0. The fourth-order valence-electron chi connectivity index (χ4n) is 3.04. The van der Waals surface area contributed by atoms with Crippen LogP contribution in [0.4, 0.5) is 10.1 Å². The minimum absolute atomic E-state index is 0.298. The molecule has 0 aliphatic heterocycles. The Balaban J connectivity index is 1.38. The SMILES string of the molecule is Fc1ccc(-c2nc3cc(N=Cc4ccc(-c5ccc(Br)cc5)o4)ccc3o2)cc1. The van der Waals surface area contributed by atoms with Gasteiger partial charge in [0.2, 0.25) is 5.89 Å². The molecule has 3 aromatic carbocycles. The van der Waals surface area contributed by atoms with E-state index < -0.39 is 0 Å². The molecule has 2 aromatic heterocycles. The molecule has 0 aliphatic rings. The average Bonchev–Trinajstić information content (AvgIpc) is 3.40. The third-order valence-corrected chi connectivity index (χ3v) is 5.09. The van der Waals surface area contributed by atoms with Crippen molar-refractivity contribution in [3.63, 3.8) is 0 Å². The van der Waals surface area contributed by atoms with Gasteiger partial charge in [-0.1, -0.05) is 28.1 Å². The molecular weight excluding hydrogens is 447 g/mol. The van der Waals surface area contributed by atoms with Crippen molar-refractivity contribution in [3.8, 4) is 22.8 Å². The summed E-state index contributed by atoms with van der Waals surface area (Å²) in [5.41, 5.74) is 3.76. The van der Waals surface area contributed by atoms with Gasteiger partial charge in [-0.15, -0.1) is 0 Å². The van der Waals surface area contributed by atoms with Crippen molar-refractivity contribution in [2.24, 2.45) is 4.99 Å². The minimum atomic E-state index is -0.298. The highest BCUT2D eigenvalue weighted by Crippen LogP contribution is 2.28. The maximum absolute atomic E-state index is 13.1. The van der Waals surface area contributed by atoms with Crippen LogP contribution in [0.3, 0.4) is 0 Å². The third kappa shape index (κ3) is 3.82. The number of fused-ring (bicyclic) bond motifs is 1. The molecule has 0 unspecified atom stereocenters. The maximum atomic E-state index is 13.1. The summed E-state index contributed by atoms with van der Waals surface area (Å²) in [4.78, 5) is 8.97. The molecule has 0 saturated heterocycles. The number of aliphatic imine (C=N–C) groups is 1. The molecule has 0 N–H and O–H groups in total. The lowest BCUT2D eigenvalue weighted by Crippen LogP contribution is -1.78.